The molecule has 0 spiro atoms. The van der Waals surface area contributed by atoms with Crippen molar-refractivity contribution < 1.29 is 14.3 Å². The number of carbonyl (C=O) groups excluding carboxylic acids is 2. The zero-order valence-electron chi connectivity index (χ0n) is 14.1. The van der Waals surface area contributed by atoms with Crippen LogP contribution >= 0.6 is 0 Å². The second-order valence-corrected chi connectivity index (χ2v) is 5.82. The van der Waals surface area contributed by atoms with Crippen molar-refractivity contribution in [2.75, 3.05) is 56.7 Å². The second-order valence-electron chi connectivity index (χ2n) is 5.82. The molecule has 23 heavy (non-hydrogen) atoms. The molecule has 0 aliphatic carbocycles. The van der Waals surface area contributed by atoms with Crippen LogP contribution < -0.4 is 9.80 Å². The molecule has 2 rings (SSSR count). The minimum Gasteiger partial charge on any atom is -0.378 e. The van der Waals surface area contributed by atoms with Gasteiger partial charge in [-0.05, 0) is 24.3 Å². The van der Waals surface area contributed by atoms with Gasteiger partial charge in [0.05, 0.1) is 13.2 Å². The first-order chi connectivity index (χ1) is 11.0. The van der Waals surface area contributed by atoms with Crippen molar-refractivity contribution in [1.29, 1.82) is 0 Å². The average molecular weight is 319 g/mol. The van der Waals surface area contributed by atoms with E-state index in [1.165, 1.54) is 6.92 Å². The van der Waals surface area contributed by atoms with E-state index in [2.05, 4.69) is 0 Å². The number of benzene rings is 1. The molecule has 1 aliphatic heterocycles. The Morgan fingerprint density at radius 3 is 2.17 bits per heavy atom. The van der Waals surface area contributed by atoms with E-state index in [1.54, 1.807) is 9.80 Å². The van der Waals surface area contributed by atoms with Gasteiger partial charge in [-0.3, -0.25) is 9.59 Å². The lowest BCUT2D eigenvalue weighted by Gasteiger charge is -2.28. The van der Waals surface area contributed by atoms with Crippen molar-refractivity contribution in [1.82, 2.24) is 4.90 Å². The van der Waals surface area contributed by atoms with E-state index in [1.807, 2.05) is 43.3 Å². The van der Waals surface area contributed by atoms with Gasteiger partial charge in [0, 0.05) is 58.4 Å². The van der Waals surface area contributed by atoms with Gasteiger partial charge in [-0.15, -0.1) is 0 Å². The predicted molar refractivity (Wildman–Crippen MR) is 90.8 cm³/mol. The highest BCUT2D eigenvalue weighted by molar-refractivity contribution is 5.92. The predicted octanol–water partition coefficient (Wildman–Crippen LogP) is 1.35. The van der Waals surface area contributed by atoms with Gasteiger partial charge in [0.1, 0.15) is 0 Å². The molecular weight excluding hydrogens is 294 g/mol. The largest absolute Gasteiger partial charge is 0.378 e. The fraction of sp³-hybridized carbons (Fsp3) is 0.529. The van der Waals surface area contributed by atoms with Gasteiger partial charge in [-0.2, -0.15) is 0 Å². The van der Waals surface area contributed by atoms with Crippen molar-refractivity contribution in [2.24, 2.45) is 0 Å². The second kappa shape index (κ2) is 7.97. The van der Waals surface area contributed by atoms with Gasteiger partial charge >= 0.3 is 0 Å². The Morgan fingerprint density at radius 1 is 1.09 bits per heavy atom. The molecular formula is C17H25N3O3. The molecule has 0 bridgehead atoms. The van der Waals surface area contributed by atoms with E-state index in [-0.39, 0.29) is 11.8 Å². The van der Waals surface area contributed by atoms with E-state index in [0.717, 1.165) is 11.4 Å². The minimum absolute atomic E-state index is 0.0580. The van der Waals surface area contributed by atoms with Gasteiger partial charge in [0.25, 0.3) is 0 Å². The molecule has 1 aromatic carbocycles. The van der Waals surface area contributed by atoms with E-state index >= 15 is 0 Å². The highest BCUT2D eigenvalue weighted by Crippen LogP contribution is 2.20. The fourth-order valence-electron chi connectivity index (χ4n) is 2.58. The van der Waals surface area contributed by atoms with E-state index in [0.29, 0.717) is 39.3 Å². The number of anilines is 2. The maximum absolute atomic E-state index is 12.2. The number of nitrogens with zero attached hydrogens (tertiary/aromatic N) is 3. The Morgan fingerprint density at radius 2 is 1.65 bits per heavy atom. The summed E-state index contributed by atoms with van der Waals surface area (Å²) >= 11 is 0. The summed E-state index contributed by atoms with van der Waals surface area (Å²) in [5.74, 6) is 0.0156. The van der Waals surface area contributed by atoms with Crippen LogP contribution in [-0.2, 0) is 14.3 Å². The molecule has 0 saturated carbocycles. The summed E-state index contributed by atoms with van der Waals surface area (Å²) in [4.78, 5) is 29.6. The highest BCUT2D eigenvalue weighted by atomic mass is 16.5. The first-order valence-corrected chi connectivity index (χ1v) is 7.90. The Kier molecular flexibility index (Phi) is 5.98. The number of amides is 2. The SMILES string of the molecule is CC(=O)N(CCC(=O)N1CCOCC1)c1ccc(N(C)C)cc1. The fourth-order valence-corrected chi connectivity index (χ4v) is 2.58. The molecule has 1 saturated heterocycles. The topological polar surface area (TPSA) is 53.1 Å². The molecule has 1 fully saturated rings. The standard InChI is InChI=1S/C17H25N3O3/c1-14(21)20(16-6-4-15(5-7-16)18(2)3)9-8-17(22)19-10-12-23-13-11-19/h4-7H,8-13H2,1-3H3. The molecule has 0 N–H and O–H groups in total. The number of hydrogen-bond acceptors (Lipinski definition) is 4. The molecule has 6 nitrogen and oxygen atoms in total. The molecule has 0 atom stereocenters. The van der Waals surface area contributed by atoms with Gasteiger partial charge < -0.3 is 19.4 Å². The van der Waals surface area contributed by atoms with Crippen molar-refractivity contribution in [3.8, 4) is 0 Å². The number of carbonyl (C=O) groups is 2. The van der Waals surface area contributed by atoms with Crippen LogP contribution in [0.5, 0.6) is 0 Å². The smallest absolute Gasteiger partial charge is 0.224 e. The van der Waals surface area contributed by atoms with Gasteiger partial charge in [-0.1, -0.05) is 0 Å². The lowest BCUT2D eigenvalue weighted by atomic mass is 10.2. The summed E-state index contributed by atoms with van der Waals surface area (Å²) in [5.41, 5.74) is 1.89. The first-order valence-electron chi connectivity index (χ1n) is 7.90. The number of morpholine rings is 1. The Balaban J connectivity index is 1.98. The Labute approximate surface area is 137 Å². The van der Waals surface area contributed by atoms with Gasteiger partial charge in [0.15, 0.2) is 0 Å². The zero-order chi connectivity index (χ0) is 16.8. The molecule has 0 aromatic heterocycles. The molecule has 2 amide bonds. The van der Waals surface area contributed by atoms with Crippen LogP contribution in [-0.4, -0.2) is 63.7 Å². The third kappa shape index (κ3) is 4.69. The molecule has 1 heterocycles. The highest BCUT2D eigenvalue weighted by Gasteiger charge is 2.19. The quantitative estimate of drug-likeness (QED) is 0.822. The van der Waals surface area contributed by atoms with Gasteiger partial charge in [-0.25, -0.2) is 0 Å². The Hall–Kier alpha value is -2.08. The zero-order valence-corrected chi connectivity index (χ0v) is 14.1. The molecule has 0 radical (unpaired) electrons. The third-order valence-electron chi connectivity index (χ3n) is 3.97. The van der Waals surface area contributed by atoms with Crippen LogP contribution in [0.1, 0.15) is 13.3 Å². The summed E-state index contributed by atoms with van der Waals surface area (Å²) in [7, 11) is 3.94. The normalized spacial score (nSPS) is 14.5. The summed E-state index contributed by atoms with van der Waals surface area (Å²) in [6, 6.07) is 7.76. The summed E-state index contributed by atoms with van der Waals surface area (Å²) in [5, 5.41) is 0. The van der Waals surface area contributed by atoms with Crippen LogP contribution in [0.3, 0.4) is 0 Å². The summed E-state index contributed by atoms with van der Waals surface area (Å²) in [6.45, 7) is 4.38. The van der Waals surface area contributed by atoms with Crippen molar-refractivity contribution in [3.63, 3.8) is 0 Å². The van der Waals surface area contributed by atoms with Crippen LogP contribution in [0.25, 0.3) is 0 Å². The monoisotopic (exact) mass is 319 g/mol. The van der Waals surface area contributed by atoms with Crippen LogP contribution in [0.15, 0.2) is 24.3 Å². The summed E-state index contributed by atoms with van der Waals surface area (Å²) < 4.78 is 5.25. The van der Waals surface area contributed by atoms with Crippen LogP contribution in [0.4, 0.5) is 11.4 Å². The van der Waals surface area contributed by atoms with E-state index < -0.39 is 0 Å². The average Bonchev–Trinajstić information content (AvgIpc) is 2.55. The maximum Gasteiger partial charge on any atom is 0.224 e. The molecule has 1 aromatic rings. The van der Waals surface area contributed by atoms with E-state index in [4.69, 9.17) is 4.74 Å². The van der Waals surface area contributed by atoms with E-state index in [9.17, 15) is 9.59 Å². The van der Waals surface area contributed by atoms with Crippen molar-refractivity contribution in [3.05, 3.63) is 24.3 Å². The lowest BCUT2D eigenvalue weighted by Crippen LogP contribution is -2.42. The summed E-state index contributed by atoms with van der Waals surface area (Å²) in [6.07, 6.45) is 0.328. The number of hydrogen-bond donors (Lipinski definition) is 0. The first kappa shape index (κ1) is 17.3. The minimum atomic E-state index is -0.0580. The van der Waals surface area contributed by atoms with Gasteiger partial charge in [0.2, 0.25) is 11.8 Å². The maximum atomic E-state index is 12.2. The molecule has 0 unspecified atom stereocenters. The van der Waals surface area contributed by atoms with Crippen molar-refractivity contribution in [2.45, 2.75) is 13.3 Å². The van der Waals surface area contributed by atoms with Crippen LogP contribution in [0.2, 0.25) is 0 Å². The third-order valence-corrected chi connectivity index (χ3v) is 3.97. The lowest BCUT2D eigenvalue weighted by molar-refractivity contribution is -0.135. The van der Waals surface area contributed by atoms with Crippen LogP contribution in [0, 0.1) is 0 Å². The number of rotatable bonds is 5. The molecule has 126 valence electrons. The molecule has 1 aliphatic rings. The Bertz CT molecular complexity index is 537. The van der Waals surface area contributed by atoms with Crippen molar-refractivity contribution >= 4 is 23.2 Å². The molecule has 6 heteroatoms. The number of ether oxygens (including phenoxy) is 1.